The molecule has 17 atom stereocenters. The number of esters is 1. The van der Waals surface area contributed by atoms with Gasteiger partial charge in [0, 0.05) is 36.5 Å². The first-order valence-electron chi connectivity index (χ1n) is 16.1. The molecule has 0 saturated heterocycles. The van der Waals surface area contributed by atoms with Gasteiger partial charge in [0.05, 0.1) is 32.8 Å². The summed E-state index contributed by atoms with van der Waals surface area (Å²) in [4.78, 5) is 62.9. The molecule has 0 heterocycles. The summed E-state index contributed by atoms with van der Waals surface area (Å²) in [6.45, 7) is -3.50. The summed E-state index contributed by atoms with van der Waals surface area (Å²) in [6, 6.07) is -1.63. The average molecular weight is 1050 g/mol. The fourth-order valence-corrected chi connectivity index (χ4v) is 3.24. The van der Waals surface area contributed by atoms with Crippen LogP contribution in [0.5, 0.6) is 0 Å². The second-order valence-corrected chi connectivity index (χ2v) is 11.7. The minimum Gasteiger partial charge on any atom is -1.00 e. The number of hydrogen-bond donors (Lipinski definition) is 25. The number of nitrogens with two attached hydrogens (primary N) is 1. The van der Waals surface area contributed by atoms with Crippen molar-refractivity contribution in [1.82, 2.24) is 0 Å². The number of hydrogen-bond acceptors (Lipinski definition) is 27. The molecule has 63 heavy (non-hydrogen) atoms. The number of ether oxygens (including phenoxy) is 1. The van der Waals surface area contributed by atoms with Crippen molar-refractivity contribution >= 4 is 58.9 Å². The number of rotatable bonds is 24. The van der Waals surface area contributed by atoms with E-state index in [1.165, 1.54) is 0 Å². The van der Waals surface area contributed by atoms with Gasteiger partial charge in [-0.15, -0.1) is 0 Å². The fraction of sp³-hybridized carbons (Fsp3) is 0.786. The first-order chi connectivity index (χ1) is 27.3. The second kappa shape index (κ2) is 39.1. The monoisotopic (exact) mass is 1050 g/mol. The van der Waals surface area contributed by atoms with Crippen LogP contribution in [0, 0.1) is 0 Å². The van der Waals surface area contributed by atoms with Gasteiger partial charge in [-0.05, 0) is 0 Å². The van der Waals surface area contributed by atoms with Gasteiger partial charge < -0.3 is 136 Å². The van der Waals surface area contributed by atoms with Crippen molar-refractivity contribution < 1.29 is 195 Å². The molecule has 0 aromatic carbocycles. The fourth-order valence-electron chi connectivity index (χ4n) is 3.24. The average Bonchev–Trinajstić information content (AvgIpc) is 3.21. The van der Waals surface area contributed by atoms with Crippen molar-refractivity contribution in [1.29, 1.82) is 0 Å². The van der Waals surface area contributed by atoms with Crippen LogP contribution in [-0.2, 0) is 70.1 Å². The van der Waals surface area contributed by atoms with Gasteiger partial charge in [-0.3, -0.25) is 9.59 Å². The molecule has 0 aromatic rings. The molecule has 0 amide bonds. The van der Waals surface area contributed by atoms with Crippen molar-refractivity contribution in [2.24, 2.45) is 5.73 Å². The SMILES string of the molecule is N[C@@H](CC(=O)O[C@@H](C(=O)O)[C@@H](O)[C@H](O)[C@H](O)CO)C(=O)O.O=C(O)[C@H](O)[C@@H](O)[C@H](O)[C@H](O)CO.O=C(O)[C@H](O)[C@@H](O)[C@H](O)[C@H](O)CO.O=C(O)[C@H](O)[C@@H](O)[C@H](O)[C@H](O)CO.[Cu].[H-].[H-].[Mg+2].[Zn]. The maximum atomic E-state index is 11.3. The molecule has 35 heteroatoms. The number of aliphatic carboxylic acids is 5. The van der Waals surface area contributed by atoms with Crippen LogP contribution in [0.2, 0.25) is 0 Å². The number of carboxylic acid groups (broad SMARTS) is 5. The Kier molecular flexibility index (Phi) is 46.7. The zero-order valence-electron chi connectivity index (χ0n) is 34.2. The van der Waals surface area contributed by atoms with Gasteiger partial charge in [-0.25, -0.2) is 19.2 Å². The summed E-state index contributed by atoms with van der Waals surface area (Å²) in [5.74, 6) is -9.87. The number of carboxylic acids is 5. The van der Waals surface area contributed by atoms with Crippen LogP contribution >= 0.6 is 0 Å². The van der Waals surface area contributed by atoms with E-state index in [2.05, 4.69) is 4.74 Å². The van der Waals surface area contributed by atoms with Crippen molar-refractivity contribution in [3.05, 3.63) is 0 Å². The largest absolute Gasteiger partial charge is 2.00 e. The van der Waals surface area contributed by atoms with Gasteiger partial charge in [0.15, 0.2) is 18.3 Å². The van der Waals surface area contributed by atoms with Crippen molar-refractivity contribution in [2.45, 2.75) is 110 Å². The predicted molar refractivity (Wildman–Crippen MR) is 187 cm³/mol. The summed E-state index contributed by atoms with van der Waals surface area (Å²) < 4.78 is 4.33. The Balaban J connectivity index is -0.0000000917. The van der Waals surface area contributed by atoms with Gasteiger partial charge in [-0.1, -0.05) is 0 Å². The second-order valence-electron chi connectivity index (χ2n) is 11.7. The molecule has 32 nitrogen and oxygen atoms in total. The summed E-state index contributed by atoms with van der Waals surface area (Å²) >= 11 is 0. The molecule has 0 bridgehead atoms. The van der Waals surface area contributed by atoms with Gasteiger partial charge in [0.1, 0.15) is 79.3 Å². The maximum Gasteiger partial charge on any atom is 2.00 e. The zero-order chi connectivity index (χ0) is 48.5. The van der Waals surface area contributed by atoms with Crippen molar-refractivity contribution in [3.63, 3.8) is 0 Å². The molecular formula is C28H55CuMgNO31Zn. The van der Waals surface area contributed by atoms with E-state index in [0.29, 0.717) is 0 Å². The van der Waals surface area contributed by atoms with Crippen LogP contribution in [0.1, 0.15) is 9.27 Å². The quantitative estimate of drug-likeness (QED) is 0.0315. The van der Waals surface area contributed by atoms with Crippen molar-refractivity contribution in [2.75, 3.05) is 26.4 Å². The standard InChI is InChI=1S/C10H17NO10.3C6H12O7.Cu.Mg.Zn.2H/c11-3(9(17)18)1-5(14)21-8(10(19)20)7(16)6(15)4(13)2-12;3*7-1-2(8)3(9)4(10)5(11)6(12)13;;;;;/h3-4,6-8,12-13,15-16H,1-2,11H2,(H,17,18)(H,19,20);3*2-5,7-11H,1H2,(H,12,13);;;;;/q;;;;;+2;;2*-1/t3-,4+,6+,7-,8+;3*2-,3-,4+,5-;;;;;/m0111...../s1. The van der Waals surface area contributed by atoms with E-state index < -0.39 is 172 Å². The number of aliphatic hydroxyl groups is 19. The van der Waals surface area contributed by atoms with Crippen LogP contribution in [0.3, 0.4) is 0 Å². The first-order valence-corrected chi connectivity index (χ1v) is 16.1. The third kappa shape index (κ3) is 30.0. The zero-order valence-corrected chi connectivity index (χ0v) is 37.6. The van der Waals surface area contributed by atoms with Gasteiger partial charge >= 0.3 is 58.9 Å². The Morgan fingerprint density at radius 3 is 0.810 bits per heavy atom. The molecule has 0 aliphatic carbocycles. The predicted octanol–water partition coefficient (Wildman–Crippen LogP) is -14.8. The molecule has 0 rings (SSSR count). The Morgan fingerprint density at radius 2 is 0.635 bits per heavy atom. The van der Waals surface area contributed by atoms with E-state index in [1.807, 2.05) is 0 Å². The summed E-state index contributed by atoms with van der Waals surface area (Å²) in [5.41, 5.74) is 5.04. The molecular weight excluding hydrogens is 1000 g/mol. The van der Waals surface area contributed by atoms with Gasteiger partial charge in [-0.2, -0.15) is 0 Å². The topological polar surface area (TPSA) is 623 Å². The molecule has 0 unspecified atom stereocenters. The number of carbonyl (C=O) groups is 6. The summed E-state index contributed by atoms with van der Waals surface area (Å²) in [7, 11) is 0. The summed E-state index contributed by atoms with van der Waals surface area (Å²) in [5, 5.41) is 209. The molecule has 0 aliphatic rings. The molecule has 1 radical (unpaired) electrons. The Morgan fingerprint density at radius 1 is 0.413 bits per heavy atom. The van der Waals surface area contributed by atoms with Gasteiger partial charge in [0.2, 0.25) is 6.10 Å². The minimum absolute atomic E-state index is 0. The van der Waals surface area contributed by atoms with E-state index in [1.54, 1.807) is 0 Å². The van der Waals surface area contributed by atoms with Gasteiger partial charge in [0.25, 0.3) is 0 Å². The van der Waals surface area contributed by atoms with Crippen LogP contribution in [0.25, 0.3) is 0 Å². The molecule has 373 valence electrons. The Labute approximate surface area is 395 Å². The molecule has 0 aliphatic heterocycles. The van der Waals surface area contributed by atoms with E-state index in [9.17, 15) is 39.0 Å². The maximum absolute atomic E-state index is 11.3. The molecule has 0 saturated carbocycles. The minimum atomic E-state index is -2.27. The van der Waals surface area contributed by atoms with Crippen LogP contribution in [0.15, 0.2) is 0 Å². The van der Waals surface area contributed by atoms with Crippen LogP contribution in [-0.4, -0.2) is 312 Å². The molecule has 0 aromatic heterocycles. The van der Waals surface area contributed by atoms with E-state index in [4.69, 9.17) is 118 Å². The molecule has 26 N–H and O–H groups in total. The number of carbonyl (C=O) groups excluding carboxylic acids is 1. The first kappa shape index (κ1) is 75.2. The molecule has 0 spiro atoms. The van der Waals surface area contributed by atoms with E-state index in [-0.39, 0.29) is 62.5 Å². The third-order valence-corrected chi connectivity index (χ3v) is 6.97. The molecule has 0 fully saturated rings. The Hall–Kier alpha value is -2.07. The Bertz CT molecular complexity index is 1200. The van der Waals surface area contributed by atoms with Crippen LogP contribution in [0.4, 0.5) is 0 Å². The smallest absolute Gasteiger partial charge is 1.00 e. The normalized spacial score (nSPS) is 18.7. The summed E-state index contributed by atoms with van der Waals surface area (Å²) in [6.07, 6.45) is -32.8. The number of aliphatic hydroxyl groups excluding tert-OH is 19. The van der Waals surface area contributed by atoms with Crippen molar-refractivity contribution in [3.8, 4) is 0 Å². The van der Waals surface area contributed by atoms with E-state index >= 15 is 0 Å². The van der Waals surface area contributed by atoms with Crippen LogP contribution < -0.4 is 5.73 Å². The van der Waals surface area contributed by atoms with E-state index in [0.717, 1.165) is 0 Å². The third-order valence-electron chi connectivity index (χ3n) is 6.97.